The van der Waals surface area contributed by atoms with Gasteiger partial charge in [0.05, 0.1) is 0 Å². The van der Waals surface area contributed by atoms with Crippen molar-refractivity contribution in [2.24, 2.45) is 16.2 Å². The summed E-state index contributed by atoms with van der Waals surface area (Å²) in [6.45, 7) is 5.65. The lowest BCUT2D eigenvalue weighted by Crippen LogP contribution is -2.24. The SMILES string of the molecule is CC1(C)C(C)(Cc2ccc(F)c(Oc3ccccc3)c2)C1(C=C(Cl)Cl)C(=O)OC#N. The average Bonchev–Trinajstić information content (AvgIpc) is 3.05. The lowest BCUT2D eigenvalue weighted by atomic mass is 9.88. The van der Waals surface area contributed by atoms with Crippen molar-refractivity contribution in [3.63, 3.8) is 0 Å². The molecule has 4 nitrogen and oxygen atoms in total. The van der Waals surface area contributed by atoms with E-state index in [0.29, 0.717) is 12.2 Å². The molecule has 0 spiro atoms. The van der Waals surface area contributed by atoms with Gasteiger partial charge in [-0.3, -0.25) is 0 Å². The Kier molecular flexibility index (Phi) is 5.86. The molecule has 0 bridgehead atoms. The van der Waals surface area contributed by atoms with Crippen LogP contribution in [0, 0.1) is 33.6 Å². The number of rotatable bonds is 6. The molecular weight excluding hydrogens is 428 g/mol. The quantitative estimate of drug-likeness (QED) is 0.372. The number of carbonyl (C=O) groups excluding carboxylic acids is 1. The van der Waals surface area contributed by atoms with Crippen LogP contribution in [0.5, 0.6) is 11.5 Å². The second-order valence-electron chi connectivity index (χ2n) is 8.04. The number of hydrogen-bond donors (Lipinski definition) is 0. The Morgan fingerprint density at radius 1 is 1.17 bits per heavy atom. The van der Waals surface area contributed by atoms with E-state index in [2.05, 4.69) is 4.74 Å². The van der Waals surface area contributed by atoms with Gasteiger partial charge in [-0.25, -0.2) is 9.18 Å². The van der Waals surface area contributed by atoms with Gasteiger partial charge in [-0.1, -0.05) is 68.2 Å². The third-order valence-electron chi connectivity index (χ3n) is 6.48. The summed E-state index contributed by atoms with van der Waals surface area (Å²) in [4.78, 5) is 12.8. The number of halogens is 3. The lowest BCUT2D eigenvalue weighted by molar-refractivity contribution is -0.143. The van der Waals surface area contributed by atoms with E-state index in [9.17, 15) is 9.18 Å². The van der Waals surface area contributed by atoms with Crippen LogP contribution in [0.3, 0.4) is 0 Å². The zero-order valence-corrected chi connectivity index (χ0v) is 18.2. The van der Waals surface area contributed by atoms with Crippen molar-refractivity contribution in [2.45, 2.75) is 27.2 Å². The summed E-state index contributed by atoms with van der Waals surface area (Å²) in [5.41, 5.74) is -1.77. The van der Waals surface area contributed by atoms with Crippen LogP contribution < -0.4 is 4.74 Å². The molecule has 0 N–H and O–H groups in total. The van der Waals surface area contributed by atoms with Gasteiger partial charge in [-0.15, -0.1) is 5.26 Å². The van der Waals surface area contributed by atoms with Crippen molar-refractivity contribution < 1.29 is 18.7 Å². The average molecular weight is 448 g/mol. The topological polar surface area (TPSA) is 59.3 Å². The van der Waals surface area contributed by atoms with Gasteiger partial charge >= 0.3 is 5.97 Å². The van der Waals surface area contributed by atoms with Crippen molar-refractivity contribution in [3.8, 4) is 17.8 Å². The first-order valence-electron chi connectivity index (χ1n) is 9.24. The molecule has 7 heteroatoms. The van der Waals surface area contributed by atoms with Gasteiger partial charge in [0.25, 0.3) is 6.26 Å². The molecule has 3 rings (SSSR count). The van der Waals surface area contributed by atoms with Crippen LogP contribution in [-0.4, -0.2) is 5.97 Å². The highest BCUT2D eigenvalue weighted by atomic mass is 35.5. The van der Waals surface area contributed by atoms with E-state index < -0.39 is 28.0 Å². The van der Waals surface area contributed by atoms with Crippen molar-refractivity contribution in [1.82, 2.24) is 0 Å². The van der Waals surface area contributed by atoms with Gasteiger partial charge in [-0.05, 0) is 53.2 Å². The van der Waals surface area contributed by atoms with E-state index >= 15 is 0 Å². The summed E-state index contributed by atoms with van der Waals surface area (Å²) in [7, 11) is 0. The monoisotopic (exact) mass is 447 g/mol. The van der Waals surface area contributed by atoms with E-state index in [-0.39, 0.29) is 10.2 Å². The zero-order valence-electron chi connectivity index (χ0n) is 16.7. The molecule has 0 aromatic heterocycles. The number of para-hydroxylation sites is 1. The van der Waals surface area contributed by atoms with Crippen LogP contribution in [0.25, 0.3) is 0 Å². The highest BCUT2D eigenvalue weighted by molar-refractivity contribution is 6.56. The Hall–Kier alpha value is -2.55. The highest BCUT2D eigenvalue weighted by Gasteiger charge is 2.83. The molecule has 30 heavy (non-hydrogen) atoms. The van der Waals surface area contributed by atoms with E-state index in [1.165, 1.54) is 18.4 Å². The van der Waals surface area contributed by atoms with Crippen LogP contribution in [0.4, 0.5) is 4.39 Å². The molecule has 1 aliphatic carbocycles. The number of carbonyl (C=O) groups is 1. The van der Waals surface area contributed by atoms with Crippen molar-refractivity contribution in [3.05, 3.63) is 70.5 Å². The maximum absolute atomic E-state index is 14.3. The second-order valence-corrected chi connectivity index (χ2v) is 9.04. The molecule has 2 aromatic rings. The fourth-order valence-electron chi connectivity index (χ4n) is 4.51. The van der Waals surface area contributed by atoms with Gasteiger partial charge in [-0.2, -0.15) is 0 Å². The van der Waals surface area contributed by atoms with E-state index in [1.807, 2.05) is 26.8 Å². The molecule has 0 aliphatic heterocycles. The summed E-state index contributed by atoms with van der Waals surface area (Å²) >= 11 is 11.8. The fourth-order valence-corrected chi connectivity index (χ4v) is 4.84. The maximum atomic E-state index is 14.3. The maximum Gasteiger partial charge on any atom is 0.332 e. The number of nitriles is 1. The summed E-state index contributed by atoms with van der Waals surface area (Å²) in [6.07, 6.45) is 3.25. The van der Waals surface area contributed by atoms with Crippen LogP contribution in [0.15, 0.2) is 59.1 Å². The van der Waals surface area contributed by atoms with Crippen LogP contribution in [0.1, 0.15) is 26.3 Å². The Morgan fingerprint density at radius 2 is 1.83 bits per heavy atom. The first-order valence-corrected chi connectivity index (χ1v) is 10.0. The summed E-state index contributed by atoms with van der Waals surface area (Å²) < 4.78 is 24.6. The molecule has 0 saturated heterocycles. The Morgan fingerprint density at radius 3 is 2.43 bits per heavy atom. The fraction of sp³-hybridized carbons (Fsp3) is 0.304. The van der Waals surface area contributed by atoms with Crippen molar-refractivity contribution in [2.75, 3.05) is 0 Å². The molecule has 0 radical (unpaired) electrons. The predicted molar refractivity (Wildman–Crippen MR) is 112 cm³/mol. The lowest BCUT2D eigenvalue weighted by Gasteiger charge is -2.18. The number of nitrogens with zero attached hydrogens (tertiary/aromatic N) is 1. The van der Waals surface area contributed by atoms with Gasteiger partial charge < -0.3 is 9.47 Å². The predicted octanol–water partition coefficient (Wildman–Crippen LogP) is 6.54. The normalized spacial score (nSPS) is 23.8. The van der Waals surface area contributed by atoms with Crippen LogP contribution in [0.2, 0.25) is 0 Å². The standard InChI is InChI=1S/C23H20Cl2FNO3/c1-21(2)22(3,23(21,13-19(24)25)20(28)29-14-27)12-15-9-10-17(26)18(11-15)30-16-7-5-4-6-8-16/h4-11,13H,12H2,1-3H3. The smallest absolute Gasteiger partial charge is 0.332 e. The minimum Gasteiger partial charge on any atom is -0.454 e. The molecule has 0 amide bonds. The zero-order chi connectivity index (χ0) is 22.2. The number of ether oxygens (including phenoxy) is 2. The summed E-state index contributed by atoms with van der Waals surface area (Å²) in [6, 6.07) is 13.5. The molecule has 2 unspecified atom stereocenters. The molecule has 1 aliphatic rings. The van der Waals surface area contributed by atoms with Gasteiger partial charge in [0.15, 0.2) is 11.6 Å². The molecule has 2 aromatic carbocycles. The second kappa shape index (κ2) is 7.94. The van der Waals surface area contributed by atoms with E-state index in [0.717, 1.165) is 5.56 Å². The summed E-state index contributed by atoms with van der Waals surface area (Å²) in [5, 5.41) is 8.86. The number of benzene rings is 2. The molecule has 1 saturated carbocycles. The largest absolute Gasteiger partial charge is 0.454 e. The van der Waals surface area contributed by atoms with Crippen molar-refractivity contribution >= 4 is 29.2 Å². The number of esters is 1. The van der Waals surface area contributed by atoms with E-state index in [4.69, 9.17) is 33.2 Å². The molecule has 156 valence electrons. The molecule has 0 heterocycles. The van der Waals surface area contributed by atoms with Crippen molar-refractivity contribution in [1.29, 1.82) is 5.26 Å². The number of hydrogen-bond acceptors (Lipinski definition) is 4. The Labute approximate surface area is 184 Å². The minimum absolute atomic E-state index is 0.0804. The highest BCUT2D eigenvalue weighted by Crippen LogP contribution is 2.80. The molecule has 1 fully saturated rings. The van der Waals surface area contributed by atoms with E-state index in [1.54, 1.807) is 36.4 Å². The van der Waals surface area contributed by atoms with Gasteiger partial charge in [0.1, 0.15) is 15.7 Å². The first-order chi connectivity index (χ1) is 14.1. The van der Waals surface area contributed by atoms with Gasteiger partial charge in [0, 0.05) is 0 Å². The molecular formula is C23H20Cl2FNO3. The van der Waals surface area contributed by atoms with Crippen LogP contribution in [-0.2, 0) is 16.0 Å². The summed E-state index contributed by atoms with van der Waals surface area (Å²) in [5.74, 6) is -0.631. The minimum atomic E-state index is -1.20. The molecule has 2 atom stereocenters. The first kappa shape index (κ1) is 22.1. The van der Waals surface area contributed by atoms with Crippen LogP contribution >= 0.6 is 23.2 Å². The third-order valence-corrected chi connectivity index (χ3v) is 6.70. The Balaban J connectivity index is 1.97. The Bertz CT molecular complexity index is 1040. The van der Waals surface area contributed by atoms with Gasteiger partial charge in [0.2, 0.25) is 0 Å². The third kappa shape index (κ3) is 3.45.